The molecular weight excluding hydrogens is 345 g/mol. The van der Waals surface area contributed by atoms with Crippen molar-refractivity contribution in [2.75, 3.05) is 5.32 Å². The highest BCUT2D eigenvalue weighted by Gasteiger charge is 2.56. The minimum Gasteiger partial charge on any atom is -0.346 e. The summed E-state index contributed by atoms with van der Waals surface area (Å²) in [6.45, 7) is 5.95. The SMILES string of the molecule is C=C1CC(C)C1Nc1nc2c(CCC(F)(F)C(F)(F)F)nccn2n1. The zero-order chi connectivity index (χ0) is 18.4. The third-order valence-corrected chi connectivity index (χ3v) is 4.30. The van der Waals surface area contributed by atoms with Crippen molar-refractivity contribution in [3.8, 4) is 0 Å². The number of hydrogen-bond donors (Lipinski definition) is 1. The van der Waals surface area contributed by atoms with Gasteiger partial charge in [-0.25, -0.2) is 4.52 Å². The van der Waals surface area contributed by atoms with E-state index in [0.29, 0.717) is 5.92 Å². The van der Waals surface area contributed by atoms with Crippen LogP contribution in [-0.4, -0.2) is 37.7 Å². The third kappa shape index (κ3) is 3.29. The van der Waals surface area contributed by atoms with E-state index in [2.05, 4.69) is 27.0 Å². The Morgan fingerprint density at radius 2 is 2.04 bits per heavy atom. The molecule has 0 aliphatic heterocycles. The first-order chi connectivity index (χ1) is 11.6. The maximum absolute atomic E-state index is 13.1. The number of fused-ring (bicyclic) bond motifs is 1. The highest BCUT2D eigenvalue weighted by molar-refractivity contribution is 5.49. The number of hydrogen-bond acceptors (Lipinski definition) is 4. The molecule has 25 heavy (non-hydrogen) atoms. The maximum Gasteiger partial charge on any atom is 0.453 e. The molecule has 2 aromatic rings. The van der Waals surface area contributed by atoms with Crippen molar-refractivity contribution in [3.05, 3.63) is 30.2 Å². The van der Waals surface area contributed by atoms with Crippen LogP contribution in [0, 0.1) is 5.92 Å². The molecule has 136 valence electrons. The van der Waals surface area contributed by atoms with Gasteiger partial charge in [0.15, 0.2) is 5.65 Å². The van der Waals surface area contributed by atoms with Crippen LogP contribution in [0.15, 0.2) is 24.5 Å². The molecule has 1 aliphatic carbocycles. The van der Waals surface area contributed by atoms with Crippen LogP contribution in [0.5, 0.6) is 0 Å². The van der Waals surface area contributed by atoms with Crippen LogP contribution in [0.4, 0.5) is 27.9 Å². The number of aryl methyl sites for hydroxylation is 1. The maximum atomic E-state index is 13.1. The standard InChI is InChI=1S/C15H16F5N5/c1-8-7-9(2)11(8)22-13-23-12-10(21-5-6-25(12)24-13)3-4-14(16,17)15(18,19)20/h5-6,9,11H,1,3-4,7H2,2H3,(H,22,24). The molecular formula is C15H16F5N5. The van der Waals surface area contributed by atoms with E-state index in [9.17, 15) is 22.0 Å². The summed E-state index contributed by atoms with van der Waals surface area (Å²) in [4.78, 5) is 8.06. The van der Waals surface area contributed by atoms with Gasteiger partial charge >= 0.3 is 12.1 Å². The fourth-order valence-electron chi connectivity index (χ4n) is 2.81. The fraction of sp³-hybridized carbons (Fsp3) is 0.533. The van der Waals surface area contributed by atoms with Gasteiger partial charge in [0.25, 0.3) is 0 Å². The Morgan fingerprint density at radius 3 is 2.64 bits per heavy atom. The average molecular weight is 361 g/mol. The van der Waals surface area contributed by atoms with Crippen LogP contribution in [-0.2, 0) is 6.42 Å². The number of nitrogens with zero attached hydrogens (tertiary/aromatic N) is 4. The first-order valence-electron chi connectivity index (χ1n) is 7.67. The van der Waals surface area contributed by atoms with Gasteiger partial charge in [0.05, 0.1) is 11.7 Å². The number of aromatic nitrogens is 4. The van der Waals surface area contributed by atoms with E-state index in [0.717, 1.165) is 12.0 Å². The summed E-state index contributed by atoms with van der Waals surface area (Å²) in [5, 5.41) is 7.25. The van der Waals surface area contributed by atoms with Crippen LogP contribution >= 0.6 is 0 Å². The minimum absolute atomic E-state index is 0.0170. The van der Waals surface area contributed by atoms with Crippen molar-refractivity contribution in [1.82, 2.24) is 19.6 Å². The Kier molecular flexibility index (Phi) is 4.16. The van der Waals surface area contributed by atoms with Gasteiger partial charge in [-0.2, -0.15) is 26.9 Å². The second-order valence-corrected chi connectivity index (χ2v) is 6.24. The van der Waals surface area contributed by atoms with Crippen LogP contribution < -0.4 is 5.32 Å². The molecule has 0 aromatic carbocycles. The number of halogens is 5. The fourth-order valence-corrected chi connectivity index (χ4v) is 2.81. The smallest absolute Gasteiger partial charge is 0.346 e. The molecule has 10 heteroatoms. The largest absolute Gasteiger partial charge is 0.453 e. The number of alkyl halides is 5. The Morgan fingerprint density at radius 1 is 1.32 bits per heavy atom. The summed E-state index contributed by atoms with van der Waals surface area (Å²) in [5.41, 5.74) is 1.20. The van der Waals surface area contributed by atoms with Gasteiger partial charge in [0, 0.05) is 18.8 Å². The van der Waals surface area contributed by atoms with E-state index < -0.39 is 24.9 Å². The van der Waals surface area contributed by atoms with Gasteiger partial charge in [0.1, 0.15) is 0 Å². The monoisotopic (exact) mass is 361 g/mol. The molecule has 2 heterocycles. The van der Waals surface area contributed by atoms with Crippen LogP contribution in [0.2, 0.25) is 0 Å². The van der Waals surface area contributed by atoms with Crippen molar-refractivity contribution >= 4 is 11.6 Å². The van der Waals surface area contributed by atoms with Gasteiger partial charge < -0.3 is 5.32 Å². The summed E-state index contributed by atoms with van der Waals surface area (Å²) < 4.78 is 64.4. The van der Waals surface area contributed by atoms with E-state index >= 15 is 0 Å². The summed E-state index contributed by atoms with van der Waals surface area (Å²) in [6.07, 6.45) is -3.91. The Hall–Kier alpha value is -2.26. The minimum atomic E-state index is -5.58. The Labute approximate surface area is 140 Å². The summed E-state index contributed by atoms with van der Waals surface area (Å²) in [6, 6.07) is 0.0170. The van der Waals surface area contributed by atoms with E-state index in [1.54, 1.807) is 0 Å². The second kappa shape index (κ2) is 5.92. The second-order valence-electron chi connectivity index (χ2n) is 6.24. The number of anilines is 1. The lowest BCUT2D eigenvalue weighted by atomic mass is 9.77. The molecule has 5 nitrogen and oxygen atoms in total. The molecule has 1 aliphatic rings. The molecule has 1 N–H and O–H groups in total. The van der Waals surface area contributed by atoms with Gasteiger partial charge in [0.2, 0.25) is 5.95 Å². The highest BCUT2D eigenvalue weighted by Crippen LogP contribution is 2.39. The molecule has 2 aromatic heterocycles. The van der Waals surface area contributed by atoms with E-state index in [1.807, 2.05) is 6.92 Å². The van der Waals surface area contributed by atoms with Crippen molar-refractivity contribution in [3.63, 3.8) is 0 Å². The Bertz CT molecular complexity index is 797. The van der Waals surface area contributed by atoms with Crippen molar-refractivity contribution < 1.29 is 22.0 Å². The number of nitrogens with one attached hydrogen (secondary N) is 1. The van der Waals surface area contributed by atoms with Crippen molar-refractivity contribution in [2.45, 2.75) is 44.3 Å². The quantitative estimate of drug-likeness (QED) is 0.653. The molecule has 0 radical (unpaired) electrons. The summed E-state index contributed by atoms with van der Waals surface area (Å²) in [5.74, 6) is -4.15. The third-order valence-electron chi connectivity index (χ3n) is 4.30. The lowest BCUT2D eigenvalue weighted by Gasteiger charge is -2.36. The van der Waals surface area contributed by atoms with Gasteiger partial charge in [-0.1, -0.05) is 19.1 Å². The van der Waals surface area contributed by atoms with Gasteiger partial charge in [-0.3, -0.25) is 4.98 Å². The lowest BCUT2D eigenvalue weighted by Crippen LogP contribution is -2.39. The van der Waals surface area contributed by atoms with E-state index in [-0.39, 0.29) is 23.3 Å². The van der Waals surface area contributed by atoms with Crippen LogP contribution in [0.3, 0.4) is 0 Å². The molecule has 2 unspecified atom stereocenters. The molecule has 0 amide bonds. The zero-order valence-corrected chi connectivity index (χ0v) is 13.3. The molecule has 0 spiro atoms. The van der Waals surface area contributed by atoms with Gasteiger partial charge in [-0.15, -0.1) is 5.10 Å². The van der Waals surface area contributed by atoms with Crippen LogP contribution in [0.25, 0.3) is 5.65 Å². The molecule has 0 saturated heterocycles. The first kappa shape index (κ1) is 17.6. The summed E-state index contributed by atoms with van der Waals surface area (Å²) in [7, 11) is 0. The Balaban J connectivity index is 1.79. The molecule has 3 rings (SSSR count). The molecule has 1 saturated carbocycles. The van der Waals surface area contributed by atoms with Gasteiger partial charge in [-0.05, 0) is 18.8 Å². The topological polar surface area (TPSA) is 55.1 Å². The predicted molar refractivity (Wildman–Crippen MR) is 80.4 cm³/mol. The van der Waals surface area contributed by atoms with Crippen LogP contribution in [0.1, 0.15) is 25.5 Å². The van der Waals surface area contributed by atoms with Crippen molar-refractivity contribution in [2.24, 2.45) is 5.92 Å². The summed E-state index contributed by atoms with van der Waals surface area (Å²) >= 11 is 0. The predicted octanol–water partition coefficient (Wildman–Crippen LogP) is 3.63. The molecule has 1 fully saturated rings. The highest BCUT2D eigenvalue weighted by atomic mass is 19.4. The molecule has 2 atom stereocenters. The zero-order valence-electron chi connectivity index (χ0n) is 13.3. The normalized spacial score (nSPS) is 21.4. The average Bonchev–Trinajstić information content (AvgIpc) is 2.93. The van der Waals surface area contributed by atoms with E-state index in [4.69, 9.17) is 0 Å². The lowest BCUT2D eigenvalue weighted by molar-refractivity contribution is -0.284. The molecule has 0 bridgehead atoms. The van der Waals surface area contributed by atoms with E-state index in [1.165, 1.54) is 16.9 Å². The number of rotatable bonds is 5. The first-order valence-corrected chi connectivity index (χ1v) is 7.67. The van der Waals surface area contributed by atoms with Crippen molar-refractivity contribution in [1.29, 1.82) is 0 Å².